The normalized spacial score (nSPS) is 37.1. The van der Waals surface area contributed by atoms with Crippen molar-refractivity contribution in [3.63, 3.8) is 0 Å². The van der Waals surface area contributed by atoms with Crippen LogP contribution in [0.1, 0.15) is 20.8 Å². The zero-order valence-electron chi connectivity index (χ0n) is 10.2. The number of hydrogen-bond donors (Lipinski definition) is 1. The number of rotatable bonds is 0. The van der Waals surface area contributed by atoms with Crippen LogP contribution in [-0.2, 0) is 9.47 Å². The summed E-state index contributed by atoms with van der Waals surface area (Å²) < 4.78 is 10.7. The van der Waals surface area contributed by atoms with Gasteiger partial charge >= 0.3 is 6.09 Å². The first-order chi connectivity index (χ1) is 7.79. The number of amides is 1. The monoisotopic (exact) mass is 263 g/mol. The first kappa shape index (κ1) is 12.9. The number of halogens is 1. The van der Waals surface area contributed by atoms with Crippen LogP contribution in [-0.4, -0.2) is 58.5 Å². The molecule has 2 fully saturated rings. The highest BCUT2D eigenvalue weighted by Gasteiger charge is 2.52. The molecule has 0 saturated carbocycles. The molecule has 1 unspecified atom stereocenters. The Hall–Kier alpha value is -0.520. The molecule has 2 heterocycles. The average molecular weight is 264 g/mol. The van der Waals surface area contributed by atoms with Crippen molar-refractivity contribution in [1.82, 2.24) is 4.90 Å². The number of carbonyl (C=O) groups is 1. The molecule has 0 aromatic heterocycles. The number of fused-ring (bicyclic) bond motifs is 1. The van der Waals surface area contributed by atoms with E-state index in [1.165, 1.54) is 4.90 Å². The second kappa shape index (κ2) is 4.30. The Morgan fingerprint density at radius 3 is 2.76 bits per heavy atom. The van der Waals surface area contributed by atoms with Gasteiger partial charge in [0.1, 0.15) is 11.7 Å². The lowest BCUT2D eigenvalue weighted by Gasteiger charge is -2.28. The molecule has 2 aliphatic rings. The number of aliphatic hydroxyl groups is 1. The van der Waals surface area contributed by atoms with E-state index in [2.05, 4.69) is 0 Å². The van der Waals surface area contributed by atoms with Crippen LogP contribution in [0.2, 0.25) is 0 Å². The lowest BCUT2D eigenvalue weighted by molar-refractivity contribution is 0.0105. The van der Waals surface area contributed by atoms with Crippen LogP contribution < -0.4 is 0 Å². The molecule has 0 aromatic rings. The smallest absolute Gasteiger partial charge is 0.410 e. The third kappa shape index (κ3) is 2.51. The van der Waals surface area contributed by atoms with Crippen molar-refractivity contribution in [2.24, 2.45) is 0 Å². The fourth-order valence-corrected chi connectivity index (χ4v) is 2.63. The van der Waals surface area contributed by atoms with Gasteiger partial charge in [0.05, 0.1) is 24.1 Å². The quantitative estimate of drug-likeness (QED) is 0.662. The van der Waals surface area contributed by atoms with Crippen LogP contribution in [0.15, 0.2) is 0 Å². The molecule has 0 aliphatic carbocycles. The lowest BCUT2D eigenvalue weighted by atomic mass is 10.1. The Labute approximate surface area is 106 Å². The Morgan fingerprint density at radius 1 is 1.53 bits per heavy atom. The summed E-state index contributed by atoms with van der Waals surface area (Å²) in [6, 6.07) is -0.382. The molecule has 0 radical (unpaired) electrons. The number of likely N-dealkylation sites (tertiary alicyclic amines) is 1. The van der Waals surface area contributed by atoms with Crippen molar-refractivity contribution in [2.45, 2.75) is 50.0 Å². The minimum Gasteiger partial charge on any atom is -0.444 e. The van der Waals surface area contributed by atoms with Crippen LogP contribution in [0.25, 0.3) is 0 Å². The maximum Gasteiger partial charge on any atom is 0.410 e. The van der Waals surface area contributed by atoms with E-state index in [4.69, 9.17) is 21.1 Å². The topological polar surface area (TPSA) is 59.0 Å². The molecule has 17 heavy (non-hydrogen) atoms. The standard InChI is InChI=1S/C11H18ClNO4/c1-11(2,3)17-10(15)13-4-6(12)9-8(13)7(14)5-16-9/h6-9,14H,4-5H2,1-3H3/t6-,7+,8-,9?/m1/s1. The van der Waals surface area contributed by atoms with Crippen molar-refractivity contribution >= 4 is 17.7 Å². The first-order valence-electron chi connectivity index (χ1n) is 5.73. The molecule has 2 aliphatic heterocycles. The highest BCUT2D eigenvalue weighted by molar-refractivity contribution is 6.21. The number of aliphatic hydroxyl groups excluding tert-OH is 1. The average Bonchev–Trinajstić information content (AvgIpc) is 2.67. The lowest BCUT2D eigenvalue weighted by Crippen LogP contribution is -2.46. The van der Waals surface area contributed by atoms with Gasteiger partial charge < -0.3 is 14.6 Å². The third-order valence-corrected chi connectivity index (χ3v) is 3.29. The minimum absolute atomic E-state index is 0.220. The Morgan fingerprint density at radius 2 is 2.18 bits per heavy atom. The number of ether oxygens (including phenoxy) is 2. The van der Waals surface area contributed by atoms with Gasteiger partial charge in [-0.15, -0.1) is 11.6 Å². The fraction of sp³-hybridized carbons (Fsp3) is 0.909. The van der Waals surface area contributed by atoms with Gasteiger partial charge in [0.15, 0.2) is 0 Å². The summed E-state index contributed by atoms with van der Waals surface area (Å²) >= 11 is 6.10. The molecule has 1 amide bonds. The van der Waals surface area contributed by atoms with Crippen LogP contribution in [0.3, 0.4) is 0 Å². The summed E-state index contributed by atoms with van der Waals surface area (Å²) in [7, 11) is 0. The van der Waals surface area contributed by atoms with Crippen LogP contribution in [0, 0.1) is 0 Å². The molecule has 5 nitrogen and oxygen atoms in total. The largest absolute Gasteiger partial charge is 0.444 e. The van der Waals surface area contributed by atoms with Crippen LogP contribution in [0.4, 0.5) is 4.79 Å². The summed E-state index contributed by atoms with van der Waals surface area (Å²) in [5.41, 5.74) is -0.554. The van der Waals surface area contributed by atoms with Crippen molar-refractivity contribution in [1.29, 1.82) is 0 Å². The predicted octanol–water partition coefficient (Wildman–Crippen LogP) is 0.973. The second-order valence-corrected chi connectivity index (χ2v) is 6.07. The molecule has 2 rings (SSSR count). The van der Waals surface area contributed by atoms with E-state index < -0.39 is 17.8 Å². The molecule has 0 spiro atoms. The van der Waals surface area contributed by atoms with Gasteiger partial charge in [-0.1, -0.05) is 0 Å². The molecule has 1 N–H and O–H groups in total. The third-order valence-electron chi connectivity index (χ3n) is 2.91. The number of hydrogen-bond acceptors (Lipinski definition) is 4. The van der Waals surface area contributed by atoms with Gasteiger partial charge in [-0.2, -0.15) is 0 Å². The number of nitrogens with zero attached hydrogens (tertiary/aromatic N) is 1. The number of alkyl halides is 1. The van der Waals surface area contributed by atoms with E-state index in [0.717, 1.165) is 0 Å². The maximum absolute atomic E-state index is 12.0. The van der Waals surface area contributed by atoms with Crippen LogP contribution >= 0.6 is 11.6 Å². The molecule has 0 aromatic carbocycles. The zero-order valence-corrected chi connectivity index (χ0v) is 11.0. The summed E-state index contributed by atoms with van der Waals surface area (Å²) in [6.45, 7) is 5.98. The maximum atomic E-state index is 12.0. The van der Waals surface area contributed by atoms with E-state index in [-0.39, 0.29) is 24.1 Å². The molecule has 0 bridgehead atoms. The van der Waals surface area contributed by atoms with Gasteiger partial charge in [0.25, 0.3) is 0 Å². The molecular formula is C11H18ClNO4. The summed E-state index contributed by atoms with van der Waals surface area (Å²) in [6.07, 6.45) is -1.42. The minimum atomic E-state index is -0.684. The van der Waals surface area contributed by atoms with Gasteiger partial charge in [0, 0.05) is 6.54 Å². The van der Waals surface area contributed by atoms with Gasteiger partial charge in [-0.25, -0.2) is 4.79 Å². The first-order valence-corrected chi connectivity index (χ1v) is 6.16. The Bertz CT molecular complexity index is 317. The molecule has 2 saturated heterocycles. The Balaban J connectivity index is 2.08. The second-order valence-electron chi connectivity index (χ2n) is 5.50. The highest BCUT2D eigenvalue weighted by Crippen LogP contribution is 2.33. The van der Waals surface area contributed by atoms with E-state index in [0.29, 0.717) is 6.54 Å². The van der Waals surface area contributed by atoms with E-state index in [9.17, 15) is 9.90 Å². The van der Waals surface area contributed by atoms with Gasteiger partial charge in [-0.05, 0) is 20.8 Å². The van der Waals surface area contributed by atoms with E-state index in [1.54, 1.807) is 20.8 Å². The van der Waals surface area contributed by atoms with Crippen molar-refractivity contribution in [2.75, 3.05) is 13.2 Å². The summed E-state index contributed by atoms with van der Waals surface area (Å²) in [4.78, 5) is 13.5. The summed E-state index contributed by atoms with van der Waals surface area (Å²) in [5.74, 6) is 0. The Kier molecular flexibility index (Phi) is 3.27. The fourth-order valence-electron chi connectivity index (χ4n) is 2.26. The van der Waals surface area contributed by atoms with Crippen molar-refractivity contribution in [3.05, 3.63) is 0 Å². The van der Waals surface area contributed by atoms with Crippen LogP contribution in [0.5, 0.6) is 0 Å². The van der Waals surface area contributed by atoms with E-state index >= 15 is 0 Å². The van der Waals surface area contributed by atoms with Gasteiger partial charge in [-0.3, -0.25) is 4.90 Å². The van der Waals surface area contributed by atoms with Crippen molar-refractivity contribution in [3.8, 4) is 0 Å². The zero-order chi connectivity index (χ0) is 12.8. The van der Waals surface area contributed by atoms with Gasteiger partial charge in [0.2, 0.25) is 0 Å². The number of carbonyl (C=O) groups excluding carboxylic acids is 1. The molecule has 98 valence electrons. The SMILES string of the molecule is CC(C)(C)OC(=O)N1C[C@@H](Cl)C2OC[C@H](O)[C@H]21. The molecule has 6 heteroatoms. The summed E-state index contributed by atoms with van der Waals surface area (Å²) in [5, 5.41) is 9.51. The highest BCUT2D eigenvalue weighted by atomic mass is 35.5. The predicted molar refractivity (Wildman–Crippen MR) is 62.1 cm³/mol. The molecule has 4 atom stereocenters. The van der Waals surface area contributed by atoms with E-state index in [1.807, 2.05) is 0 Å². The van der Waals surface area contributed by atoms with Crippen molar-refractivity contribution < 1.29 is 19.4 Å². The molecular weight excluding hydrogens is 246 g/mol.